The van der Waals surface area contributed by atoms with Crippen LogP contribution >= 0.6 is 0 Å². The van der Waals surface area contributed by atoms with Crippen molar-refractivity contribution < 1.29 is 23.8 Å². The second kappa shape index (κ2) is 10.0. The van der Waals surface area contributed by atoms with E-state index < -0.39 is 0 Å². The number of benzene rings is 1. The van der Waals surface area contributed by atoms with Gasteiger partial charge in [-0.1, -0.05) is 13.3 Å². The molecule has 0 aromatic heterocycles. The molecule has 1 N–H and O–H groups in total. The third-order valence-corrected chi connectivity index (χ3v) is 4.89. The molecule has 0 atom stereocenters. The van der Waals surface area contributed by atoms with Crippen LogP contribution in [-0.2, 0) is 4.79 Å². The Morgan fingerprint density at radius 1 is 1.07 bits per heavy atom. The molecule has 1 aromatic carbocycles. The molecule has 27 heavy (non-hydrogen) atoms. The van der Waals surface area contributed by atoms with Crippen molar-refractivity contribution in [3.8, 4) is 17.2 Å². The second-order valence-electron chi connectivity index (χ2n) is 6.63. The number of amides is 2. The fourth-order valence-corrected chi connectivity index (χ4v) is 3.26. The van der Waals surface area contributed by atoms with E-state index in [1.54, 1.807) is 17.0 Å². The first-order chi connectivity index (χ1) is 13.0. The van der Waals surface area contributed by atoms with E-state index in [1.165, 1.54) is 21.3 Å². The van der Waals surface area contributed by atoms with Crippen LogP contribution in [0.15, 0.2) is 12.1 Å². The summed E-state index contributed by atoms with van der Waals surface area (Å²) in [5.41, 5.74) is 0.482. The molecule has 1 aliphatic rings. The molecule has 1 heterocycles. The molecule has 0 radical (unpaired) electrons. The Labute approximate surface area is 161 Å². The number of hydrogen-bond acceptors (Lipinski definition) is 5. The van der Waals surface area contributed by atoms with Gasteiger partial charge in [0.05, 0.1) is 21.3 Å². The molecule has 150 valence electrons. The maximum Gasteiger partial charge on any atom is 0.254 e. The number of nitrogens with zero attached hydrogens (tertiary/aromatic N) is 1. The number of nitrogens with one attached hydrogen (secondary N) is 1. The minimum Gasteiger partial charge on any atom is -0.493 e. The van der Waals surface area contributed by atoms with Crippen molar-refractivity contribution in [3.63, 3.8) is 0 Å². The lowest BCUT2D eigenvalue weighted by atomic mass is 9.95. The Bertz CT molecular complexity index is 629. The van der Waals surface area contributed by atoms with Crippen LogP contribution in [0.2, 0.25) is 0 Å². The van der Waals surface area contributed by atoms with Crippen LogP contribution < -0.4 is 19.5 Å². The molecule has 0 aliphatic carbocycles. The van der Waals surface area contributed by atoms with Crippen LogP contribution in [0.1, 0.15) is 43.0 Å². The van der Waals surface area contributed by atoms with E-state index in [1.807, 2.05) is 0 Å². The molecule has 1 aliphatic heterocycles. The predicted octanol–water partition coefficient (Wildman–Crippen LogP) is 2.48. The zero-order valence-corrected chi connectivity index (χ0v) is 16.7. The topological polar surface area (TPSA) is 77.1 Å². The standard InChI is InChI=1S/C20H30N2O5/c1-5-6-9-21-19(23)14-7-10-22(11-8-14)20(24)15-12-16(25-2)18(27-4)17(13-15)26-3/h12-14H,5-11H2,1-4H3,(H,21,23). The molecule has 2 amide bonds. The van der Waals surface area contributed by atoms with Crippen LogP contribution in [0.3, 0.4) is 0 Å². The lowest BCUT2D eigenvalue weighted by Crippen LogP contribution is -2.43. The van der Waals surface area contributed by atoms with E-state index >= 15 is 0 Å². The van der Waals surface area contributed by atoms with Crippen molar-refractivity contribution in [1.29, 1.82) is 0 Å². The summed E-state index contributed by atoms with van der Waals surface area (Å²) in [5.74, 6) is 1.34. The minimum absolute atomic E-state index is 0.0224. The van der Waals surface area contributed by atoms with Crippen molar-refractivity contribution in [2.75, 3.05) is 41.0 Å². The number of carbonyl (C=O) groups excluding carboxylic acids is 2. The number of piperidine rings is 1. The van der Waals surface area contributed by atoms with Gasteiger partial charge in [0.25, 0.3) is 5.91 Å². The molecule has 7 heteroatoms. The van der Waals surface area contributed by atoms with Gasteiger partial charge in [0.2, 0.25) is 11.7 Å². The van der Waals surface area contributed by atoms with Crippen LogP contribution in [0, 0.1) is 5.92 Å². The number of carbonyl (C=O) groups is 2. The first-order valence-corrected chi connectivity index (χ1v) is 9.42. The fraction of sp³-hybridized carbons (Fsp3) is 0.600. The molecule has 0 spiro atoms. The molecule has 1 fully saturated rings. The Kier molecular flexibility index (Phi) is 7.76. The summed E-state index contributed by atoms with van der Waals surface area (Å²) in [6.45, 7) is 3.93. The van der Waals surface area contributed by atoms with E-state index in [9.17, 15) is 9.59 Å². The summed E-state index contributed by atoms with van der Waals surface area (Å²) in [6.07, 6.45) is 3.40. The maximum atomic E-state index is 12.9. The number of likely N-dealkylation sites (tertiary alicyclic amines) is 1. The Balaban J connectivity index is 2.02. The lowest BCUT2D eigenvalue weighted by molar-refractivity contribution is -0.126. The molecule has 1 saturated heterocycles. The molecule has 2 rings (SSSR count). The highest BCUT2D eigenvalue weighted by molar-refractivity contribution is 5.96. The van der Waals surface area contributed by atoms with Crippen LogP contribution in [-0.4, -0.2) is 57.7 Å². The predicted molar refractivity (Wildman–Crippen MR) is 103 cm³/mol. The second-order valence-corrected chi connectivity index (χ2v) is 6.63. The van der Waals surface area contributed by atoms with Crippen LogP contribution in [0.5, 0.6) is 17.2 Å². The van der Waals surface area contributed by atoms with Gasteiger partial charge in [-0.2, -0.15) is 0 Å². The van der Waals surface area contributed by atoms with Gasteiger partial charge in [-0.05, 0) is 31.4 Å². The number of rotatable bonds is 8. The van der Waals surface area contributed by atoms with E-state index in [-0.39, 0.29) is 17.7 Å². The summed E-state index contributed by atoms with van der Waals surface area (Å²) < 4.78 is 15.9. The average molecular weight is 378 g/mol. The number of unbranched alkanes of at least 4 members (excludes halogenated alkanes) is 1. The molecular formula is C20H30N2O5. The third-order valence-electron chi connectivity index (χ3n) is 4.89. The van der Waals surface area contributed by atoms with Crippen LogP contribution in [0.4, 0.5) is 0 Å². The maximum absolute atomic E-state index is 12.9. The smallest absolute Gasteiger partial charge is 0.254 e. The van der Waals surface area contributed by atoms with Crippen molar-refractivity contribution in [2.24, 2.45) is 5.92 Å². The number of ether oxygens (including phenoxy) is 3. The van der Waals surface area contributed by atoms with E-state index in [4.69, 9.17) is 14.2 Å². The fourth-order valence-electron chi connectivity index (χ4n) is 3.26. The Morgan fingerprint density at radius 3 is 2.15 bits per heavy atom. The number of hydrogen-bond donors (Lipinski definition) is 1. The van der Waals surface area contributed by atoms with Gasteiger partial charge in [-0.15, -0.1) is 0 Å². The van der Waals surface area contributed by atoms with Gasteiger partial charge in [0.1, 0.15) is 0 Å². The highest BCUT2D eigenvalue weighted by Crippen LogP contribution is 2.38. The van der Waals surface area contributed by atoms with Gasteiger partial charge in [-0.3, -0.25) is 9.59 Å². The van der Waals surface area contributed by atoms with Crippen LogP contribution in [0.25, 0.3) is 0 Å². The summed E-state index contributed by atoms with van der Waals surface area (Å²) >= 11 is 0. The average Bonchev–Trinajstić information content (AvgIpc) is 2.72. The van der Waals surface area contributed by atoms with Crippen molar-refractivity contribution in [3.05, 3.63) is 17.7 Å². The highest BCUT2D eigenvalue weighted by atomic mass is 16.5. The molecule has 0 saturated carbocycles. The van der Waals surface area contributed by atoms with E-state index in [0.717, 1.165) is 19.4 Å². The monoisotopic (exact) mass is 378 g/mol. The molecule has 0 unspecified atom stereocenters. The van der Waals surface area contributed by atoms with Gasteiger partial charge in [-0.25, -0.2) is 0 Å². The van der Waals surface area contributed by atoms with E-state index in [2.05, 4.69) is 12.2 Å². The Morgan fingerprint density at radius 2 is 1.67 bits per heavy atom. The molecular weight excluding hydrogens is 348 g/mol. The highest BCUT2D eigenvalue weighted by Gasteiger charge is 2.28. The van der Waals surface area contributed by atoms with Gasteiger partial charge in [0, 0.05) is 31.1 Å². The van der Waals surface area contributed by atoms with Gasteiger partial charge < -0.3 is 24.4 Å². The normalized spacial score (nSPS) is 14.6. The first-order valence-electron chi connectivity index (χ1n) is 9.42. The third kappa shape index (κ3) is 5.05. The lowest BCUT2D eigenvalue weighted by Gasteiger charge is -2.31. The van der Waals surface area contributed by atoms with E-state index in [0.29, 0.717) is 48.7 Å². The largest absolute Gasteiger partial charge is 0.493 e. The summed E-state index contributed by atoms with van der Waals surface area (Å²) in [5, 5.41) is 2.98. The first kappa shape index (κ1) is 20.9. The molecule has 0 bridgehead atoms. The van der Waals surface area contributed by atoms with Crippen molar-refractivity contribution in [1.82, 2.24) is 10.2 Å². The molecule has 7 nitrogen and oxygen atoms in total. The zero-order valence-electron chi connectivity index (χ0n) is 16.7. The summed E-state index contributed by atoms with van der Waals surface area (Å²) in [6, 6.07) is 3.32. The Hall–Kier alpha value is -2.44. The molecule has 1 aromatic rings. The zero-order chi connectivity index (χ0) is 19.8. The van der Waals surface area contributed by atoms with Gasteiger partial charge in [0.15, 0.2) is 11.5 Å². The quantitative estimate of drug-likeness (QED) is 0.703. The van der Waals surface area contributed by atoms with Crippen molar-refractivity contribution >= 4 is 11.8 Å². The summed E-state index contributed by atoms with van der Waals surface area (Å²) in [7, 11) is 4.57. The SMILES string of the molecule is CCCCNC(=O)C1CCN(C(=O)c2cc(OC)c(OC)c(OC)c2)CC1. The van der Waals surface area contributed by atoms with Gasteiger partial charge >= 0.3 is 0 Å². The van der Waals surface area contributed by atoms with Crippen molar-refractivity contribution in [2.45, 2.75) is 32.6 Å². The number of methoxy groups -OCH3 is 3. The summed E-state index contributed by atoms with van der Waals surface area (Å²) in [4.78, 5) is 26.9. The minimum atomic E-state index is -0.0981.